The topological polar surface area (TPSA) is 45.3 Å². The summed E-state index contributed by atoms with van der Waals surface area (Å²) in [5.74, 6) is 0.176. The van der Waals surface area contributed by atoms with Gasteiger partial charge in [0.05, 0.1) is 19.6 Å². The summed E-state index contributed by atoms with van der Waals surface area (Å²) >= 11 is 0. The molecule has 2 heterocycles. The Morgan fingerprint density at radius 3 is 2.79 bits per heavy atom. The number of nitrogens with one attached hydrogen (secondary N) is 1. The number of aromatic amines is 1. The van der Waals surface area contributed by atoms with Gasteiger partial charge < -0.3 is 14.6 Å². The zero-order chi connectivity index (χ0) is 16.4. The van der Waals surface area contributed by atoms with Crippen LogP contribution in [0.25, 0.3) is 22.0 Å². The van der Waals surface area contributed by atoms with Crippen molar-refractivity contribution in [3.05, 3.63) is 60.3 Å². The van der Waals surface area contributed by atoms with Crippen molar-refractivity contribution in [2.75, 3.05) is 26.3 Å². The molecule has 1 amide bonds. The number of carbonyl (C=O) groups is 1. The molecular weight excluding hydrogens is 300 g/mol. The molecule has 1 fully saturated rings. The predicted molar refractivity (Wildman–Crippen MR) is 94.8 cm³/mol. The molecular formula is C20H20N2O2. The Balaban J connectivity index is 1.59. The second-order valence-electron chi connectivity index (χ2n) is 6.11. The highest BCUT2D eigenvalue weighted by molar-refractivity contribution is 5.95. The van der Waals surface area contributed by atoms with E-state index in [9.17, 15) is 4.79 Å². The van der Waals surface area contributed by atoms with Crippen LogP contribution < -0.4 is 0 Å². The van der Waals surface area contributed by atoms with Crippen LogP contribution in [-0.4, -0.2) is 42.1 Å². The molecule has 0 unspecified atom stereocenters. The first-order valence-corrected chi connectivity index (χ1v) is 8.32. The first kappa shape index (κ1) is 15.0. The first-order valence-electron chi connectivity index (χ1n) is 8.32. The summed E-state index contributed by atoms with van der Waals surface area (Å²) in [4.78, 5) is 17.6. The minimum absolute atomic E-state index is 0.176. The van der Waals surface area contributed by atoms with Gasteiger partial charge >= 0.3 is 0 Å². The number of hydrogen-bond acceptors (Lipinski definition) is 2. The highest BCUT2D eigenvalue weighted by atomic mass is 16.5. The van der Waals surface area contributed by atoms with Gasteiger partial charge in [-0.05, 0) is 28.8 Å². The van der Waals surface area contributed by atoms with Gasteiger partial charge in [0.1, 0.15) is 0 Å². The monoisotopic (exact) mass is 320 g/mol. The van der Waals surface area contributed by atoms with Crippen LogP contribution in [0.1, 0.15) is 5.56 Å². The van der Waals surface area contributed by atoms with Crippen LogP contribution in [0.4, 0.5) is 0 Å². The second kappa shape index (κ2) is 6.49. The highest BCUT2D eigenvalue weighted by Gasteiger charge is 2.17. The van der Waals surface area contributed by atoms with Crippen LogP contribution in [0.5, 0.6) is 0 Å². The summed E-state index contributed by atoms with van der Waals surface area (Å²) in [7, 11) is 0. The van der Waals surface area contributed by atoms with Crippen molar-refractivity contribution < 1.29 is 9.53 Å². The number of ether oxygens (including phenoxy) is 1. The lowest BCUT2D eigenvalue weighted by atomic mass is 9.99. The molecule has 1 aliphatic rings. The number of benzene rings is 2. The molecule has 0 atom stereocenters. The zero-order valence-corrected chi connectivity index (χ0v) is 13.5. The maximum atomic E-state index is 12.5. The van der Waals surface area contributed by atoms with Gasteiger partial charge in [-0.1, -0.05) is 36.4 Å². The van der Waals surface area contributed by atoms with Gasteiger partial charge in [-0.2, -0.15) is 0 Å². The summed E-state index contributed by atoms with van der Waals surface area (Å²) < 4.78 is 5.31. The van der Waals surface area contributed by atoms with E-state index in [0.29, 0.717) is 32.7 Å². The summed E-state index contributed by atoms with van der Waals surface area (Å²) in [5.41, 5.74) is 4.51. The quantitative estimate of drug-likeness (QED) is 0.805. The molecule has 1 saturated heterocycles. The molecule has 122 valence electrons. The molecule has 0 aliphatic carbocycles. The average molecular weight is 320 g/mol. The molecule has 4 nitrogen and oxygen atoms in total. The van der Waals surface area contributed by atoms with E-state index in [4.69, 9.17) is 4.74 Å². The average Bonchev–Trinajstić information content (AvgIpc) is 3.11. The Bertz CT molecular complexity index is 863. The summed E-state index contributed by atoms with van der Waals surface area (Å²) in [6.07, 6.45) is 2.40. The van der Waals surface area contributed by atoms with Crippen molar-refractivity contribution in [3.63, 3.8) is 0 Å². The predicted octanol–water partition coefficient (Wildman–Crippen LogP) is 3.24. The Labute approximate surface area is 141 Å². The van der Waals surface area contributed by atoms with Gasteiger partial charge in [-0.3, -0.25) is 4.79 Å². The summed E-state index contributed by atoms with van der Waals surface area (Å²) in [5, 5.41) is 1.20. The number of hydrogen-bond donors (Lipinski definition) is 1. The van der Waals surface area contributed by atoms with E-state index in [1.54, 1.807) is 0 Å². The van der Waals surface area contributed by atoms with Crippen LogP contribution in [0.15, 0.2) is 54.7 Å². The number of nitrogens with zero attached hydrogens (tertiary/aromatic N) is 1. The molecule has 1 aliphatic heterocycles. The molecule has 3 aromatic rings. The molecule has 24 heavy (non-hydrogen) atoms. The van der Waals surface area contributed by atoms with Crippen molar-refractivity contribution in [1.29, 1.82) is 0 Å². The van der Waals surface area contributed by atoms with Crippen LogP contribution in [0, 0.1) is 0 Å². The zero-order valence-electron chi connectivity index (χ0n) is 13.5. The van der Waals surface area contributed by atoms with E-state index in [-0.39, 0.29) is 5.91 Å². The van der Waals surface area contributed by atoms with Gasteiger partial charge in [-0.15, -0.1) is 0 Å². The minimum Gasteiger partial charge on any atom is -0.378 e. The van der Waals surface area contributed by atoms with Gasteiger partial charge in [0.15, 0.2) is 0 Å². The van der Waals surface area contributed by atoms with Crippen LogP contribution in [0.3, 0.4) is 0 Å². The molecule has 1 aromatic heterocycles. The maximum absolute atomic E-state index is 12.5. The van der Waals surface area contributed by atoms with E-state index in [1.165, 1.54) is 10.9 Å². The van der Waals surface area contributed by atoms with Crippen LogP contribution in [-0.2, 0) is 16.0 Å². The molecule has 0 spiro atoms. The summed E-state index contributed by atoms with van der Waals surface area (Å²) in [6, 6.07) is 16.6. The molecule has 2 aromatic carbocycles. The van der Waals surface area contributed by atoms with Crippen molar-refractivity contribution in [2.45, 2.75) is 6.42 Å². The van der Waals surface area contributed by atoms with Crippen molar-refractivity contribution in [2.24, 2.45) is 0 Å². The van der Waals surface area contributed by atoms with Gasteiger partial charge in [0.2, 0.25) is 5.91 Å². The summed E-state index contributed by atoms with van der Waals surface area (Å²) in [6.45, 7) is 2.67. The van der Waals surface area contributed by atoms with Crippen molar-refractivity contribution in [1.82, 2.24) is 9.88 Å². The lowest BCUT2D eigenvalue weighted by molar-refractivity contribution is -0.134. The number of fused-ring (bicyclic) bond motifs is 1. The fraction of sp³-hybridized carbons (Fsp3) is 0.250. The molecule has 4 heteroatoms. The Morgan fingerprint density at radius 2 is 1.92 bits per heavy atom. The molecule has 1 N–H and O–H groups in total. The smallest absolute Gasteiger partial charge is 0.227 e. The largest absolute Gasteiger partial charge is 0.378 e. The van der Waals surface area contributed by atoms with E-state index < -0.39 is 0 Å². The third kappa shape index (κ3) is 2.93. The molecule has 0 bridgehead atoms. The standard InChI is InChI=1S/C20H20N2O2/c23-20(22-9-11-24-12-10-22)14-15-3-1-4-16(13-15)17-5-2-6-19-18(17)7-8-21-19/h1-8,13,21H,9-12,14H2. The van der Waals surface area contributed by atoms with Crippen molar-refractivity contribution in [3.8, 4) is 11.1 Å². The number of aromatic nitrogens is 1. The number of carbonyl (C=O) groups excluding carboxylic acids is 1. The first-order chi connectivity index (χ1) is 11.8. The normalized spacial score (nSPS) is 14.9. The maximum Gasteiger partial charge on any atom is 0.227 e. The number of morpholine rings is 1. The third-order valence-corrected chi connectivity index (χ3v) is 4.55. The van der Waals surface area contributed by atoms with Crippen molar-refractivity contribution >= 4 is 16.8 Å². The van der Waals surface area contributed by atoms with E-state index in [1.807, 2.05) is 23.2 Å². The van der Waals surface area contributed by atoms with Crippen LogP contribution >= 0.6 is 0 Å². The van der Waals surface area contributed by atoms with Gasteiger partial charge in [0, 0.05) is 30.2 Å². The molecule has 4 rings (SSSR count). The van der Waals surface area contributed by atoms with E-state index >= 15 is 0 Å². The number of rotatable bonds is 3. The fourth-order valence-electron chi connectivity index (χ4n) is 3.29. The van der Waals surface area contributed by atoms with E-state index in [2.05, 4.69) is 41.4 Å². The van der Waals surface area contributed by atoms with E-state index in [0.717, 1.165) is 16.6 Å². The Morgan fingerprint density at radius 1 is 1.08 bits per heavy atom. The second-order valence-corrected chi connectivity index (χ2v) is 6.11. The number of H-pyrrole nitrogens is 1. The molecule has 0 saturated carbocycles. The lowest BCUT2D eigenvalue weighted by Gasteiger charge is -2.27. The molecule has 0 radical (unpaired) electrons. The van der Waals surface area contributed by atoms with Crippen LogP contribution in [0.2, 0.25) is 0 Å². The number of amides is 1. The SMILES string of the molecule is O=C(Cc1cccc(-c2cccc3[nH]ccc23)c1)N1CCOCC1. The lowest BCUT2D eigenvalue weighted by Crippen LogP contribution is -2.41. The Hall–Kier alpha value is -2.59. The van der Waals surface area contributed by atoms with Gasteiger partial charge in [0.25, 0.3) is 0 Å². The highest BCUT2D eigenvalue weighted by Crippen LogP contribution is 2.28. The fourth-order valence-corrected chi connectivity index (χ4v) is 3.29. The third-order valence-electron chi connectivity index (χ3n) is 4.55. The Kier molecular flexibility index (Phi) is 4.05. The van der Waals surface area contributed by atoms with Gasteiger partial charge in [-0.25, -0.2) is 0 Å². The minimum atomic E-state index is 0.176.